The summed E-state index contributed by atoms with van der Waals surface area (Å²) >= 11 is 0. The Morgan fingerprint density at radius 3 is 2.75 bits per heavy atom. The minimum Gasteiger partial charge on any atom is -0.494 e. The summed E-state index contributed by atoms with van der Waals surface area (Å²) in [5.74, 6) is 1.59. The summed E-state index contributed by atoms with van der Waals surface area (Å²) in [4.78, 5) is 16.5. The summed E-state index contributed by atoms with van der Waals surface area (Å²) in [6.45, 7) is 3.05. The molecule has 0 aliphatic heterocycles. The molecule has 0 fully saturated rings. The van der Waals surface area contributed by atoms with Crippen molar-refractivity contribution < 1.29 is 18.8 Å². The molecule has 28 heavy (non-hydrogen) atoms. The maximum Gasteiger partial charge on any atom is 0.227 e. The van der Waals surface area contributed by atoms with E-state index in [0.29, 0.717) is 31.3 Å². The van der Waals surface area contributed by atoms with Crippen LogP contribution in [0.1, 0.15) is 24.8 Å². The lowest BCUT2D eigenvalue weighted by Crippen LogP contribution is -2.12. The zero-order valence-electron chi connectivity index (χ0n) is 16.0. The second-order valence-electron chi connectivity index (χ2n) is 6.15. The third-order valence-corrected chi connectivity index (χ3v) is 3.98. The van der Waals surface area contributed by atoms with Crippen molar-refractivity contribution in [3.05, 3.63) is 60.0 Å². The van der Waals surface area contributed by atoms with Crippen molar-refractivity contribution in [1.29, 1.82) is 0 Å². The third kappa shape index (κ3) is 5.40. The first kappa shape index (κ1) is 19.6. The number of benzene rings is 2. The van der Waals surface area contributed by atoms with Gasteiger partial charge in [-0.1, -0.05) is 17.3 Å². The molecule has 146 valence electrons. The van der Waals surface area contributed by atoms with Gasteiger partial charge in [-0.2, -0.15) is 4.98 Å². The topological polar surface area (TPSA) is 86.5 Å². The van der Waals surface area contributed by atoms with Crippen LogP contribution in [-0.2, 0) is 22.6 Å². The molecule has 3 aromatic rings. The van der Waals surface area contributed by atoms with Gasteiger partial charge in [0.15, 0.2) is 0 Å². The van der Waals surface area contributed by atoms with Gasteiger partial charge in [0.1, 0.15) is 5.75 Å². The van der Waals surface area contributed by atoms with Crippen LogP contribution < -0.4 is 10.1 Å². The highest BCUT2D eigenvalue weighted by molar-refractivity contribution is 5.90. The molecule has 0 spiro atoms. The molecule has 0 aliphatic rings. The van der Waals surface area contributed by atoms with Gasteiger partial charge in [0.2, 0.25) is 17.6 Å². The Kier molecular flexibility index (Phi) is 6.75. The molecule has 7 nitrogen and oxygen atoms in total. The monoisotopic (exact) mass is 381 g/mol. The number of aryl methyl sites for hydroxylation is 1. The molecule has 0 saturated heterocycles. The van der Waals surface area contributed by atoms with Gasteiger partial charge >= 0.3 is 0 Å². The maximum atomic E-state index is 12.2. The van der Waals surface area contributed by atoms with Gasteiger partial charge in [-0.15, -0.1) is 0 Å². The molecular formula is C21H23N3O4. The van der Waals surface area contributed by atoms with Crippen molar-refractivity contribution in [2.45, 2.75) is 26.4 Å². The van der Waals surface area contributed by atoms with Crippen molar-refractivity contribution in [2.75, 3.05) is 19.0 Å². The van der Waals surface area contributed by atoms with E-state index in [2.05, 4.69) is 15.5 Å². The Labute approximate surface area is 163 Å². The summed E-state index contributed by atoms with van der Waals surface area (Å²) in [5.41, 5.74) is 2.57. The van der Waals surface area contributed by atoms with E-state index in [1.807, 2.05) is 55.5 Å². The number of anilines is 1. The fraction of sp³-hybridized carbons (Fsp3) is 0.286. The van der Waals surface area contributed by atoms with Crippen LogP contribution in [0.3, 0.4) is 0 Å². The molecule has 0 saturated carbocycles. The fourth-order valence-electron chi connectivity index (χ4n) is 2.69. The molecule has 0 bridgehead atoms. The number of hydrogen-bond acceptors (Lipinski definition) is 6. The van der Waals surface area contributed by atoms with Crippen molar-refractivity contribution in [3.8, 4) is 17.1 Å². The molecule has 0 radical (unpaired) electrons. The van der Waals surface area contributed by atoms with E-state index in [1.54, 1.807) is 7.11 Å². The zero-order chi connectivity index (χ0) is 19.8. The van der Waals surface area contributed by atoms with Crippen molar-refractivity contribution in [1.82, 2.24) is 10.1 Å². The first-order chi connectivity index (χ1) is 13.7. The molecule has 1 heterocycles. The zero-order valence-corrected chi connectivity index (χ0v) is 16.0. The summed E-state index contributed by atoms with van der Waals surface area (Å²) in [5, 5.41) is 6.85. The number of carbonyl (C=O) groups excluding carboxylic acids is 1. The van der Waals surface area contributed by atoms with Crippen LogP contribution in [0, 0.1) is 0 Å². The molecule has 0 atom stereocenters. The minimum absolute atomic E-state index is 0.115. The number of amides is 1. The van der Waals surface area contributed by atoms with Crippen LogP contribution >= 0.6 is 0 Å². The van der Waals surface area contributed by atoms with Crippen LogP contribution in [-0.4, -0.2) is 29.8 Å². The van der Waals surface area contributed by atoms with Gasteiger partial charge < -0.3 is 19.3 Å². The van der Waals surface area contributed by atoms with Crippen LogP contribution in [0.25, 0.3) is 11.4 Å². The second kappa shape index (κ2) is 9.66. The Bertz CT molecular complexity index is 906. The molecule has 1 amide bonds. The lowest BCUT2D eigenvalue weighted by atomic mass is 10.2. The Balaban J connectivity index is 1.53. The second-order valence-corrected chi connectivity index (χ2v) is 6.15. The number of carbonyl (C=O) groups is 1. The molecule has 0 aliphatic carbocycles. The van der Waals surface area contributed by atoms with Gasteiger partial charge in [0.05, 0.1) is 13.2 Å². The number of methoxy groups -OCH3 is 1. The van der Waals surface area contributed by atoms with E-state index >= 15 is 0 Å². The Hall–Kier alpha value is -3.19. The van der Waals surface area contributed by atoms with Crippen molar-refractivity contribution in [3.63, 3.8) is 0 Å². The number of rotatable bonds is 9. The summed E-state index contributed by atoms with van der Waals surface area (Å²) in [6.07, 6.45) is 0.618. The van der Waals surface area contributed by atoms with Crippen molar-refractivity contribution in [2.24, 2.45) is 0 Å². The van der Waals surface area contributed by atoms with E-state index in [1.165, 1.54) is 0 Å². The third-order valence-electron chi connectivity index (χ3n) is 3.98. The highest BCUT2D eigenvalue weighted by atomic mass is 16.5. The van der Waals surface area contributed by atoms with E-state index in [-0.39, 0.29) is 12.3 Å². The van der Waals surface area contributed by atoms with Crippen LogP contribution in [0.2, 0.25) is 0 Å². The van der Waals surface area contributed by atoms with Crippen LogP contribution in [0.5, 0.6) is 5.75 Å². The Morgan fingerprint density at radius 1 is 1.18 bits per heavy atom. The SMILES string of the molecule is CCOc1ccc(-c2noc(CCC(=O)Nc3cccc(COC)c3)n2)cc1. The molecule has 7 heteroatoms. The standard InChI is InChI=1S/C21H23N3O4/c1-3-27-18-9-7-16(8-10-18)21-23-20(28-24-21)12-11-19(25)22-17-6-4-5-15(13-17)14-26-2/h4-10,13H,3,11-12,14H2,1-2H3,(H,22,25). The first-order valence-electron chi connectivity index (χ1n) is 9.11. The fourth-order valence-corrected chi connectivity index (χ4v) is 2.69. The van der Waals surface area contributed by atoms with E-state index in [0.717, 1.165) is 22.6 Å². The highest BCUT2D eigenvalue weighted by Gasteiger charge is 2.11. The predicted octanol–water partition coefficient (Wildman–Crippen LogP) is 3.85. The van der Waals surface area contributed by atoms with Gasteiger partial charge in [-0.25, -0.2) is 0 Å². The smallest absolute Gasteiger partial charge is 0.227 e. The summed E-state index contributed by atoms with van der Waals surface area (Å²) in [7, 11) is 1.64. The van der Waals surface area contributed by atoms with E-state index < -0.39 is 0 Å². The molecule has 1 aromatic heterocycles. The first-order valence-corrected chi connectivity index (χ1v) is 9.11. The molecule has 2 aromatic carbocycles. The van der Waals surface area contributed by atoms with Gasteiger partial charge in [-0.05, 0) is 48.9 Å². The number of nitrogens with one attached hydrogen (secondary N) is 1. The van der Waals surface area contributed by atoms with Gasteiger partial charge in [-0.3, -0.25) is 4.79 Å². The molecule has 0 unspecified atom stereocenters. The minimum atomic E-state index is -0.115. The average molecular weight is 381 g/mol. The van der Waals surface area contributed by atoms with E-state index in [4.69, 9.17) is 14.0 Å². The van der Waals surface area contributed by atoms with Crippen molar-refractivity contribution >= 4 is 11.6 Å². The van der Waals surface area contributed by atoms with E-state index in [9.17, 15) is 4.79 Å². The molecule has 3 rings (SSSR count). The number of aromatic nitrogens is 2. The van der Waals surface area contributed by atoms with Gasteiger partial charge in [0, 0.05) is 31.2 Å². The Morgan fingerprint density at radius 2 is 2.00 bits per heavy atom. The number of hydrogen-bond donors (Lipinski definition) is 1. The number of nitrogens with zero attached hydrogens (tertiary/aromatic N) is 2. The molecular weight excluding hydrogens is 358 g/mol. The number of ether oxygens (including phenoxy) is 2. The average Bonchev–Trinajstić information content (AvgIpc) is 3.17. The summed E-state index contributed by atoms with van der Waals surface area (Å²) in [6, 6.07) is 15.0. The van der Waals surface area contributed by atoms with Crippen LogP contribution in [0.15, 0.2) is 53.1 Å². The lowest BCUT2D eigenvalue weighted by molar-refractivity contribution is -0.116. The highest BCUT2D eigenvalue weighted by Crippen LogP contribution is 2.20. The maximum absolute atomic E-state index is 12.2. The normalized spacial score (nSPS) is 10.6. The summed E-state index contributed by atoms with van der Waals surface area (Å²) < 4.78 is 15.8. The predicted molar refractivity (Wildman–Crippen MR) is 105 cm³/mol. The van der Waals surface area contributed by atoms with Crippen LogP contribution in [0.4, 0.5) is 5.69 Å². The van der Waals surface area contributed by atoms with Gasteiger partial charge in [0.25, 0.3) is 0 Å². The molecule has 1 N–H and O–H groups in total. The quantitative estimate of drug-likeness (QED) is 0.606. The lowest BCUT2D eigenvalue weighted by Gasteiger charge is -2.06. The largest absolute Gasteiger partial charge is 0.494 e.